The van der Waals surface area contributed by atoms with Crippen molar-refractivity contribution >= 4 is 17.4 Å². The maximum Gasteiger partial charge on any atom is 0.408 e. The van der Waals surface area contributed by atoms with Crippen LogP contribution in [0.1, 0.15) is 26.7 Å². The van der Waals surface area contributed by atoms with Crippen LogP contribution in [0, 0.1) is 16.0 Å². The van der Waals surface area contributed by atoms with E-state index < -0.39 is 4.92 Å². The summed E-state index contributed by atoms with van der Waals surface area (Å²) in [6.45, 7) is 4.86. The molecule has 0 spiro atoms. The molecule has 15 heavy (non-hydrogen) atoms. The Bertz CT molecular complexity index is 351. The van der Waals surface area contributed by atoms with E-state index >= 15 is 0 Å². The fourth-order valence-electron chi connectivity index (χ4n) is 1.51. The zero-order valence-electron chi connectivity index (χ0n) is 8.81. The fraction of sp³-hybridized carbons (Fsp3) is 0.667. The lowest BCUT2D eigenvalue weighted by molar-refractivity contribution is -0.389. The van der Waals surface area contributed by atoms with E-state index in [2.05, 4.69) is 18.9 Å². The Morgan fingerprint density at radius 1 is 1.73 bits per heavy atom. The minimum atomic E-state index is -0.566. The van der Waals surface area contributed by atoms with Crippen molar-refractivity contribution in [3.05, 3.63) is 21.3 Å². The molecule has 84 valence electrons. The molecule has 6 heteroatoms. The summed E-state index contributed by atoms with van der Waals surface area (Å²) in [6, 6.07) is 0. The molecule has 1 atom stereocenters. The van der Waals surface area contributed by atoms with Gasteiger partial charge in [-0.25, -0.2) is 0 Å². The molecule has 0 fully saturated rings. The molecular weight excluding hydrogens is 218 g/mol. The number of nitro groups is 1. The van der Waals surface area contributed by atoms with Gasteiger partial charge in [-0.05, 0) is 17.3 Å². The first-order chi connectivity index (χ1) is 7.04. The van der Waals surface area contributed by atoms with E-state index in [1.54, 1.807) is 4.68 Å². The molecule has 1 unspecified atom stereocenters. The van der Waals surface area contributed by atoms with Gasteiger partial charge < -0.3 is 10.1 Å². The van der Waals surface area contributed by atoms with Gasteiger partial charge in [0.25, 0.3) is 0 Å². The van der Waals surface area contributed by atoms with Crippen LogP contribution in [-0.2, 0) is 6.54 Å². The minimum Gasteiger partial charge on any atom is -0.358 e. The van der Waals surface area contributed by atoms with Crippen LogP contribution in [0.2, 0.25) is 5.02 Å². The normalized spacial score (nSPS) is 12.7. The summed E-state index contributed by atoms with van der Waals surface area (Å²) in [7, 11) is 0. The van der Waals surface area contributed by atoms with Gasteiger partial charge in [-0.1, -0.05) is 31.9 Å². The molecule has 5 nitrogen and oxygen atoms in total. The first-order valence-corrected chi connectivity index (χ1v) is 5.29. The molecule has 0 aliphatic heterocycles. The molecule has 0 aromatic carbocycles. The second kappa shape index (κ2) is 5.11. The minimum absolute atomic E-state index is 0.101. The Labute approximate surface area is 93.2 Å². The highest BCUT2D eigenvalue weighted by Gasteiger charge is 2.19. The van der Waals surface area contributed by atoms with Crippen LogP contribution in [-0.4, -0.2) is 14.7 Å². The Morgan fingerprint density at radius 3 is 2.87 bits per heavy atom. The first-order valence-electron chi connectivity index (χ1n) is 4.92. The monoisotopic (exact) mass is 231 g/mol. The second-order valence-corrected chi connectivity index (χ2v) is 4.08. The van der Waals surface area contributed by atoms with Crippen molar-refractivity contribution in [2.45, 2.75) is 33.2 Å². The van der Waals surface area contributed by atoms with Crippen LogP contribution in [0.15, 0.2) is 6.20 Å². The molecule has 1 aromatic heterocycles. The summed E-state index contributed by atoms with van der Waals surface area (Å²) >= 11 is 5.68. The lowest BCUT2D eigenvalue weighted by Gasteiger charge is -2.06. The van der Waals surface area contributed by atoms with E-state index in [4.69, 9.17) is 11.6 Å². The van der Waals surface area contributed by atoms with Crippen molar-refractivity contribution in [2.24, 2.45) is 5.92 Å². The predicted molar refractivity (Wildman–Crippen MR) is 58.0 cm³/mol. The van der Waals surface area contributed by atoms with Crippen molar-refractivity contribution in [3.63, 3.8) is 0 Å². The van der Waals surface area contributed by atoms with Gasteiger partial charge in [0.15, 0.2) is 5.02 Å². The largest absolute Gasteiger partial charge is 0.408 e. The third-order valence-electron chi connectivity index (χ3n) is 2.15. The van der Waals surface area contributed by atoms with Gasteiger partial charge in [-0.3, -0.25) is 0 Å². The number of halogens is 1. The third kappa shape index (κ3) is 3.20. The van der Waals surface area contributed by atoms with Gasteiger partial charge in [-0.2, -0.15) is 4.68 Å². The van der Waals surface area contributed by atoms with Crippen LogP contribution in [0.3, 0.4) is 0 Å². The third-order valence-corrected chi connectivity index (χ3v) is 2.42. The summed E-state index contributed by atoms with van der Waals surface area (Å²) in [5, 5.41) is 14.4. The maximum absolute atomic E-state index is 10.5. The molecule has 1 aromatic rings. The molecule has 0 aliphatic carbocycles. The maximum atomic E-state index is 10.5. The SMILES string of the molecule is CCCC(C)Cn1cc(Cl)c([N+](=O)[O-])n1. The topological polar surface area (TPSA) is 61.0 Å². The van der Waals surface area contributed by atoms with Crippen LogP contribution < -0.4 is 0 Å². The average Bonchev–Trinajstić information content (AvgIpc) is 2.47. The number of hydrogen-bond acceptors (Lipinski definition) is 3. The fourth-order valence-corrected chi connectivity index (χ4v) is 1.73. The quantitative estimate of drug-likeness (QED) is 0.578. The average molecular weight is 232 g/mol. The molecular formula is C9H14ClN3O2. The van der Waals surface area contributed by atoms with Gasteiger partial charge in [0.2, 0.25) is 0 Å². The zero-order valence-corrected chi connectivity index (χ0v) is 9.57. The van der Waals surface area contributed by atoms with Crippen molar-refractivity contribution in [1.29, 1.82) is 0 Å². The predicted octanol–water partition coefficient (Wildman–Crippen LogP) is 2.88. The molecule has 0 N–H and O–H groups in total. The molecule has 0 amide bonds. The summed E-state index contributed by atoms with van der Waals surface area (Å²) in [5.74, 6) is 0.186. The van der Waals surface area contributed by atoms with Crippen LogP contribution in [0.5, 0.6) is 0 Å². The van der Waals surface area contributed by atoms with Gasteiger partial charge in [0, 0.05) is 0 Å². The molecule has 0 saturated carbocycles. The van der Waals surface area contributed by atoms with Crippen molar-refractivity contribution in [1.82, 2.24) is 9.78 Å². The van der Waals surface area contributed by atoms with Gasteiger partial charge in [-0.15, -0.1) is 0 Å². The van der Waals surface area contributed by atoms with E-state index in [9.17, 15) is 10.1 Å². The summed E-state index contributed by atoms with van der Waals surface area (Å²) in [4.78, 5) is 9.93. The number of aromatic nitrogens is 2. The summed E-state index contributed by atoms with van der Waals surface area (Å²) in [5.41, 5.74) is 0. The lowest BCUT2D eigenvalue weighted by Crippen LogP contribution is -2.08. The van der Waals surface area contributed by atoms with Gasteiger partial charge >= 0.3 is 5.82 Å². The second-order valence-electron chi connectivity index (χ2n) is 3.67. The van der Waals surface area contributed by atoms with Crippen LogP contribution >= 0.6 is 11.6 Å². The van der Waals surface area contributed by atoms with Crippen LogP contribution in [0.4, 0.5) is 5.82 Å². The number of hydrogen-bond donors (Lipinski definition) is 0. The molecule has 0 saturated heterocycles. The van der Waals surface area contributed by atoms with Crippen molar-refractivity contribution < 1.29 is 4.92 Å². The molecule has 0 radical (unpaired) electrons. The standard InChI is InChI=1S/C9H14ClN3O2/c1-3-4-7(2)5-12-6-8(10)9(11-12)13(14)15/h6-7H,3-5H2,1-2H3. The molecule has 0 aliphatic rings. The molecule has 1 heterocycles. The lowest BCUT2D eigenvalue weighted by atomic mass is 10.1. The van der Waals surface area contributed by atoms with Crippen molar-refractivity contribution in [3.8, 4) is 0 Å². The highest BCUT2D eigenvalue weighted by Crippen LogP contribution is 2.22. The highest BCUT2D eigenvalue weighted by atomic mass is 35.5. The smallest absolute Gasteiger partial charge is 0.358 e. The zero-order chi connectivity index (χ0) is 11.4. The Morgan fingerprint density at radius 2 is 2.40 bits per heavy atom. The van der Waals surface area contributed by atoms with Gasteiger partial charge in [0.1, 0.15) is 0 Å². The Balaban J connectivity index is 2.71. The Hall–Kier alpha value is -1.10. The Kier molecular flexibility index (Phi) is 4.08. The summed E-state index contributed by atoms with van der Waals surface area (Å²) in [6.07, 6.45) is 3.68. The summed E-state index contributed by atoms with van der Waals surface area (Å²) < 4.78 is 1.54. The van der Waals surface area contributed by atoms with E-state index in [0.717, 1.165) is 12.8 Å². The highest BCUT2D eigenvalue weighted by molar-refractivity contribution is 6.32. The molecule has 1 rings (SSSR count). The van der Waals surface area contributed by atoms with E-state index in [0.29, 0.717) is 12.5 Å². The van der Waals surface area contributed by atoms with Gasteiger partial charge in [0.05, 0.1) is 17.8 Å². The molecule has 0 bridgehead atoms. The van der Waals surface area contributed by atoms with E-state index in [-0.39, 0.29) is 10.8 Å². The first kappa shape index (κ1) is 12.0. The number of rotatable bonds is 5. The van der Waals surface area contributed by atoms with E-state index in [1.165, 1.54) is 6.20 Å². The van der Waals surface area contributed by atoms with Crippen LogP contribution in [0.25, 0.3) is 0 Å². The van der Waals surface area contributed by atoms with E-state index in [1.807, 2.05) is 0 Å². The number of nitrogens with zero attached hydrogens (tertiary/aromatic N) is 3. The van der Waals surface area contributed by atoms with Crippen molar-refractivity contribution in [2.75, 3.05) is 0 Å².